The Morgan fingerprint density at radius 3 is 3.07 bits per heavy atom. The van der Waals surface area contributed by atoms with Gasteiger partial charge in [0.25, 0.3) is 0 Å². The number of nitrogens with zero attached hydrogens (tertiary/aromatic N) is 1. The zero-order valence-corrected chi connectivity index (χ0v) is 8.92. The maximum atomic E-state index is 5.86. The monoisotopic (exact) mass is 225 g/mol. The number of anilines is 1. The molecule has 3 N–H and O–H groups in total. The molecule has 0 bridgehead atoms. The summed E-state index contributed by atoms with van der Waals surface area (Å²) in [6.45, 7) is 2.16. The Bertz CT molecular complexity index is 392. The Balaban J connectivity index is 1.96. The lowest BCUT2D eigenvalue weighted by atomic mass is 10.3. The van der Waals surface area contributed by atoms with Gasteiger partial charge >= 0.3 is 0 Å². The van der Waals surface area contributed by atoms with Gasteiger partial charge in [-0.15, -0.1) is 0 Å². The summed E-state index contributed by atoms with van der Waals surface area (Å²) < 4.78 is 5.49. The number of aliphatic imine (C=N–C) groups is 1. The molecular formula is C10H12ClN3O. The quantitative estimate of drug-likeness (QED) is 0.763. The first-order chi connectivity index (χ1) is 7.25. The number of amidine groups is 1. The van der Waals surface area contributed by atoms with Crippen LogP contribution in [-0.2, 0) is 0 Å². The van der Waals surface area contributed by atoms with Crippen molar-refractivity contribution in [3.63, 3.8) is 0 Å². The number of rotatable bonds is 3. The SMILES string of the molecule is Nc1ccc(OCC2=NCCN2)cc1Cl. The molecule has 4 nitrogen and oxygen atoms in total. The van der Waals surface area contributed by atoms with Crippen molar-refractivity contribution in [3.05, 3.63) is 23.2 Å². The van der Waals surface area contributed by atoms with Crippen LogP contribution >= 0.6 is 11.6 Å². The van der Waals surface area contributed by atoms with E-state index in [9.17, 15) is 0 Å². The second-order valence-corrected chi connectivity index (χ2v) is 3.63. The van der Waals surface area contributed by atoms with Gasteiger partial charge < -0.3 is 15.8 Å². The van der Waals surface area contributed by atoms with Gasteiger partial charge in [0.15, 0.2) is 0 Å². The average molecular weight is 226 g/mol. The molecule has 0 spiro atoms. The van der Waals surface area contributed by atoms with Crippen LogP contribution < -0.4 is 15.8 Å². The Kier molecular flexibility index (Phi) is 2.97. The smallest absolute Gasteiger partial charge is 0.145 e. The lowest BCUT2D eigenvalue weighted by Gasteiger charge is -2.07. The Hall–Kier alpha value is -1.42. The first-order valence-corrected chi connectivity index (χ1v) is 5.08. The van der Waals surface area contributed by atoms with Crippen LogP contribution in [0.5, 0.6) is 5.75 Å². The molecule has 2 rings (SSSR count). The fourth-order valence-electron chi connectivity index (χ4n) is 1.29. The van der Waals surface area contributed by atoms with Crippen molar-refractivity contribution in [3.8, 4) is 5.75 Å². The Morgan fingerprint density at radius 1 is 1.53 bits per heavy atom. The highest BCUT2D eigenvalue weighted by atomic mass is 35.5. The van der Waals surface area contributed by atoms with E-state index in [0.717, 1.165) is 18.9 Å². The molecule has 1 aromatic rings. The molecule has 80 valence electrons. The summed E-state index contributed by atoms with van der Waals surface area (Å²) in [5.41, 5.74) is 6.14. The number of nitrogen functional groups attached to an aromatic ring is 1. The molecule has 0 fully saturated rings. The Morgan fingerprint density at radius 2 is 2.40 bits per heavy atom. The summed E-state index contributed by atoms with van der Waals surface area (Å²) in [6, 6.07) is 5.21. The van der Waals surface area contributed by atoms with Crippen LogP contribution in [0.3, 0.4) is 0 Å². The fraction of sp³-hybridized carbons (Fsp3) is 0.300. The van der Waals surface area contributed by atoms with Crippen LogP contribution in [0.1, 0.15) is 0 Å². The van der Waals surface area contributed by atoms with Gasteiger partial charge in [0.05, 0.1) is 17.3 Å². The number of ether oxygens (including phenoxy) is 1. The van der Waals surface area contributed by atoms with Gasteiger partial charge in [0, 0.05) is 12.6 Å². The van der Waals surface area contributed by atoms with Crippen LogP contribution in [0, 0.1) is 0 Å². The predicted octanol–water partition coefficient (Wildman–Crippen LogP) is 1.30. The van der Waals surface area contributed by atoms with Crippen LogP contribution in [-0.4, -0.2) is 25.5 Å². The summed E-state index contributed by atoms with van der Waals surface area (Å²) in [5.74, 6) is 1.58. The minimum absolute atomic E-state index is 0.445. The van der Waals surface area contributed by atoms with Gasteiger partial charge in [-0.05, 0) is 12.1 Å². The number of halogens is 1. The topological polar surface area (TPSA) is 59.6 Å². The normalized spacial score (nSPS) is 14.6. The van der Waals surface area contributed by atoms with E-state index in [0.29, 0.717) is 23.1 Å². The number of benzene rings is 1. The first kappa shape index (κ1) is 10.1. The molecule has 1 aliphatic heterocycles. The molecule has 15 heavy (non-hydrogen) atoms. The third-order valence-corrected chi connectivity index (χ3v) is 2.42. The van der Waals surface area contributed by atoms with Crippen molar-refractivity contribution in [2.75, 3.05) is 25.4 Å². The van der Waals surface area contributed by atoms with E-state index < -0.39 is 0 Å². The zero-order chi connectivity index (χ0) is 10.7. The van der Waals surface area contributed by atoms with Gasteiger partial charge in [0.2, 0.25) is 0 Å². The third kappa shape index (κ3) is 2.53. The number of hydrogen-bond acceptors (Lipinski definition) is 4. The summed E-state index contributed by atoms with van der Waals surface area (Å²) in [4.78, 5) is 4.21. The molecule has 5 heteroatoms. The summed E-state index contributed by atoms with van der Waals surface area (Å²) in [6.07, 6.45) is 0. The van der Waals surface area contributed by atoms with Crippen LogP contribution in [0.25, 0.3) is 0 Å². The predicted molar refractivity (Wildman–Crippen MR) is 61.7 cm³/mol. The number of hydrogen-bond donors (Lipinski definition) is 2. The second kappa shape index (κ2) is 4.40. The van der Waals surface area contributed by atoms with E-state index in [1.165, 1.54) is 0 Å². The van der Waals surface area contributed by atoms with Gasteiger partial charge in [-0.25, -0.2) is 0 Å². The van der Waals surface area contributed by atoms with Crippen molar-refractivity contribution in [2.45, 2.75) is 0 Å². The average Bonchev–Trinajstić information content (AvgIpc) is 2.73. The molecule has 0 aliphatic carbocycles. The van der Waals surface area contributed by atoms with Crippen LogP contribution in [0.4, 0.5) is 5.69 Å². The van der Waals surface area contributed by atoms with Gasteiger partial charge in [0.1, 0.15) is 18.2 Å². The standard InChI is InChI=1S/C10H12ClN3O/c11-8-5-7(1-2-9(8)12)15-6-10-13-3-4-14-10/h1-2,5H,3-4,6,12H2,(H,13,14). The van der Waals surface area contributed by atoms with Gasteiger partial charge in [-0.3, -0.25) is 4.99 Å². The van der Waals surface area contributed by atoms with Crippen molar-refractivity contribution < 1.29 is 4.74 Å². The zero-order valence-electron chi connectivity index (χ0n) is 8.16. The van der Waals surface area contributed by atoms with E-state index in [2.05, 4.69) is 10.3 Å². The summed E-state index contributed by atoms with van der Waals surface area (Å²) in [7, 11) is 0. The third-order valence-electron chi connectivity index (χ3n) is 2.09. The fourth-order valence-corrected chi connectivity index (χ4v) is 1.46. The molecule has 0 saturated heterocycles. The maximum Gasteiger partial charge on any atom is 0.145 e. The van der Waals surface area contributed by atoms with Crippen molar-refractivity contribution in [1.29, 1.82) is 0 Å². The lowest BCUT2D eigenvalue weighted by molar-refractivity contribution is 0.373. The van der Waals surface area contributed by atoms with Crippen LogP contribution in [0.15, 0.2) is 23.2 Å². The number of nitrogens with two attached hydrogens (primary N) is 1. The highest BCUT2D eigenvalue weighted by Crippen LogP contribution is 2.23. The molecule has 0 aromatic heterocycles. The van der Waals surface area contributed by atoms with E-state index in [1.807, 2.05) is 0 Å². The van der Waals surface area contributed by atoms with Crippen molar-refractivity contribution in [2.24, 2.45) is 4.99 Å². The highest BCUT2D eigenvalue weighted by Gasteiger charge is 2.06. The molecule has 0 amide bonds. The largest absolute Gasteiger partial charge is 0.486 e. The Labute approximate surface area is 93.1 Å². The summed E-state index contributed by atoms with van der Waals surface area (Å²) in [5, 5.41) is 3.63. The van der Waals surface area contributed by atoms with E-state index >= 15 is 0 Å². The molecule has 0 atom stereocenters. The van der Waals surface area contributed by atoms with Gasteiger partial charge in [-0.2, -0.15) is 0 Å². The minimum atomic E-state index is 0.445. The van der Waals surface area contributed by atoms with Crippen molar-refractivity contribution >= 4 is 23.1 Å². The highest BCUT2D eigenvalue weighted by molar-refractivity contribution is 6.33. The summed E-state index contributed by atoms with van der Waals surface area (Å²) >= 11 is 5.86. The van der Waals surface area contributed by atoms with Crippen LogP contribution in [0.2, 0.25) is 5.02 Å². The van der Waals surface area contributed by atoms with Crippen molar-refractivity contribution in [1.82, 2.24) is 5.32 Å². The minimum Gasteiger partial charge on any atom is -0.486 e. The molecule has 1 aliphatic rings. The second-order valence-electron chi connectivity index (χ2n) is 3.23. The molecule has 1 heterocycles. The van der Waals surface area contributed by atoms with Gasteiger partial charge in [-0.1, -0.05) is 11.6 Å². The lowest BCUT2D eigenvalue weighted by Crippen LogP contribution is -2.24. The van der Waals surface area contributed by atoms with E-state index in [-0.39, 0.29) is 0 Å². The molecule has 0 saturated carbocycles. The van der Waals surface area contributed by atoms with E-state index in [1.54, 1.807) is 18.2 Å². The number of nitrogens with one attached hydrogen (secondary N) is 1. The van der Waals surface area contributed by atoms with E-state index in [4.69, 9.17) is 22.1 Å². The maximum absolute atomic E-state index is 5.86. The molecular weight excluding hydrogens is 214 g/mol. The molecule has 0 unspecified atom stereocenters. The molecule has 0 radical (unpaired) electrons. The molecule has 1 aromatic carbocycles. The first-order valence-electron chi connectivity index (χ1n) is 4.71.